The van der Waals surface area contributed by atoms with E-state index in [1.54, 1.807) is 25.7 Å². The molecule has 2 N–H and O–H groups in total. The molecule has 0 amide bonds. The molecule has 0 aliphatic carbocycles. The average molecular weight is 135 g/mol. The third-order valence-corrected chi connectivity index (χ3v) is 1.16. The van der Waals surface area contributed by atoms with Gasteiger partial charge in [-0.25, -0.2) is 0 Å². The number of anilines is 1. The van der Waals surface area contributed by atoms with Gasteiger partial charge in [-0.05, 0) is 6.07 Å². The van der Waals surface area contributed by atoms with Gasteiger partial charge in [-0.2, -0.15) is 0 Å². The Morgan fingerprint density at radius 3 is 3.10 bits per heavy atom. The molecule has 0 atom stereocenters. The van der Waals surface area contributed by atoms with Crippen LogP contribution in [0.15, 0.2) is 23.5 Å². The summed E-state index contributed by atoms with van der Waals surface area (Å²) in [6.07, 6.45) is 5.00. The van der Waals surface area contributed by atoms with Crippen LogP contribution in [0.25, 0.3) is 0 Å². The van der Waals surface area contributed by atoms with E-state index in [9.17, 15) is 0 Å². The standard InChI is InChI=1S/C7H9N3/c1-9-4-6-2-3-10-5-7(6)8/h2-5H,8H2,1H3. The Kier molecular flexibility index (Phi) is 1.99. The molecule has 0 saturated heterocycles. The summed E-state index contributed by atoms with van der Waals surface area (Å²) >= 11 is 0. The topological polar surface area (TPSA) is 51.3 Å². The van der Waals surface area contributed by atoms with E-state index < -0.39 is 0 Å². The zero-order chi connectivity index (χ0) is 7.40. The third-order valence-electron chi connectivity index (χ3n) is 1.16. The highest BCUT2D eigenvalue weighted by Gasteiger charge is 1.90. The van der Waals surface area contributed by atoms with E-state index >= 15 is 0 Å². The number of aromatic nitrogens is 1. The van der Waals surface area contributed by atoms with Gasteiger partial charge in [0.15, 0.2) is 0 Å². The Morgan fingerprint density at radius 1 is 1.70 bits per heavy atom. The number of nitrogen functional groups attached to an aromatic ring is 1. The van der Waals surface area contributed by atoms with Crippen LogP contribution in [0.4, 0.5) is 5.69 Å². The molecule has 0 unspecified atom stereocenters. The highest BCUT2D eigenvalue weighted by molar-refractivity contribution is 5.86. The van der Waals surface area contributed by atoms with Crippen molar-refractivity contribution in [1.29, 1.82) is 0 Å². The van der Waals surface area contributed by atoms with E-state index in [0.29, 0.717) is 5.69 Å². The fraction of sp³-hybridized carbons (Fsp3) is 0.143. The molecule has 1 rings (SSSR count). The SMILES string of the molecule is CN=Cc1ccncc1N. The van der Waals surface area contributed by atoms with Crippen molar-refractivity contribution in [1.82, 2.24) is 4.98 Å². The molecule has 0 aliphatic rings. The van der Waals surface area contributed by atoms with Gasteiger partial charge in [0.1, 0.15) is 0 Å². The lowest BCUT2D eigenvalue weighted by Gasteiger charge is -1.94. The zero-order valence-corrected chi connectivity index (χ0v) is 5.78. The second-order valence-electron chi connectivity index (χ2n) is 1.89. The summed E-state index contributed by atoms with van der Waals surface area (Å²) in [4.78, 5) is 7.67. The Labute approximate surface area is 59.6 Å². The molecule has 0 saturated carbocycles. The predicted molar refractivity (Wildman–Crippen MR) is 42.2 cm³/mol. The van der Waals surface area contributed by atoms with E-state index in [1.165, 1.54) is 0 Å². The van der Waals surface area contributed by atoms with Crippen LogP contribution in [0, 0.1) is 0 Å². The summed E-state index contributed by atoms with van der Waals surface area (Å²) in [6.45, 7) is 0. The van der Waals surface area contributed by atoms with Crippen LogP contribution in [-0.4, -0.2) is 18.2 Å². The summed E-state index contributed by atoms with van der Waals surface area (Å²) in [6, 6.07) is 1.82. The van der Waals surface area contributed by atoms with Gasteiger partial charge in [0.25, 0.3) is 0 Å². The van der Waals surface area contributed by atoms with Crippen LogP contribution in [0.2, 0.25) is 0 Å². The van der Waals surface area contributed by atoms with Crippen molar-refractivity contribution >= 4 is 11.9 Å². The van der Waals surface area contributed by atoms with Crippen molar-refractivity contribution in [3.05, 3.63) is 24.0 Å². The second kappa shape index (κ2) is 2.96. The van der Waals surface area contributed by atoms with Gasteiger partial charge in [-0.15, -0.1) is 0 Å². The first kappa shape index (κ1) is 6.74. The first-order valence-electron chi connectivity index (χ1n) is 2.96. The first-order valence-corrected chi connectivity index (χ1v) is 2.96. The number of aliphatic imine (C=N–C) groups is 1. The Morgan fingerprint density at radius 2 is 2.50 bits per heavy atom. The van der Waals surface area contributed by atoms with Crippen LogP contribution >= 0.6 is 0 Å². The lowest BCUT2D eigenvalue weighted by atomic mass is 10.2. The van der Waals surface area contributed by atoms with E-state index in [1.807, 2.05) is 6.07 Å². The van der Waals surface area contributed by atoms with Crippen LogP contribution in [0.3, 0.4) is 0 Å². The maximum Gasteiger partial charge on any atom is 0.0589 e. The Balaban J connectivity index is 3.03. The largest absolute Gasteiger partial charge is 0.397 e. The van der Waals surface area contributed by atoms with Crippen molar-refractivity contribution in [2.45, 2.75) is 0 Å². The van der Waals surface area contributed by atoms with E-state index in [2.05, 4.69) is 9.98 Å². The molecule has 0 fully saturated rings. The molecule has 3 nitrogen and oxygen atoms in total. The van der Waals surface area contributed by atoms with Gasteiger partial charge < -0.3 is 5.73 Å². The number of nitrogens with two attached hydrogens (primary N) is 1. The molecular formula is C7H9N3. The minimum Gasteiger partial charge on any atom is -0.397 e. The van der Waals surface area contributed by atoms with E-state index in [0.717, 1.165) is 5.56 Å². The fourth-order valence-electron chi connectivity index (χ4n) is 0.674. The molecule has 0 bridgehead atoms. The minimum absolute atomic E-state index is 0.660. The lowest BCUT2D eigenvalue weighted by Crippen LogP contribution is -1.92. The smallest absolute Gasteiger partial charge is 0.0589 e. The van der Waals surface area contributed by atoms with Crippen LogP contribution in [0.1, 0.15) is 5.56 Å². The maximum atomic E-state index is 5.55. The van der Waals surface area contributed by atoms with Gasteiger partial charge in [0.2, 0.25) is 0 Å². The van der Waals surface area contributed by atoms with Gasteiger partial charge in [-0.3, -0.25) is 9.98 Å². The molecule has 1 aromatic heterocycles. The highest BCUT2D eigenvalue weighted by Crippen LogP contribution is 2.04. The van der Waals surface area contributed by atoms with Crippen molar-refractivity contribution in [3.8, 4) is 0 Å². The predicted octanol–water partition coefficient (Wildman–Crippen LogP) is 0.713. The zero-order valence-electron chi connectivity index (χ0n) is 5.78. The normalized spacial score (nSPS) is 10.5. The van der Waals surface area contributed by atoms with Crippen molar-refractivity contribution in [2.24, 2.45) is 4.99 Å². The van der Waals surface area contributed by atoms with Gasteiger partial charge >= 0.3 is 0 Å². The molecule has 52 valence electrons. The summed E-state index contributed by atoms with van der Waals surface area (Å²) in [5.41, 5.74) is 7.13. The first-order chi connectivity index (χ1) is 4.84. The summed E-state index contributed by atoms with van der Waals surface area (Å²) in [5.74, 6) is 0. The summed E-state index contributed by atoms with van der Waals surface area (Å²) < 4.78 is 0. The molecule has 10 heavy (non-hydrogen) atoms. The minimum atomic E-state index is 0.660. The van der Waals surface area contributed by atoms with Crippen molar-refractivity contribution < 1.29 is 0 Å². The number of rotatable bonds is 1. The van der Waals surface area contributed by atoms with Crippen LogP contribution in [0.5, 0.6) is 0 Å². The van der Waals surface area contributed by atoms with Gasteiger partial charge in [0, 0.05) is 25.0 Å². The molecule has 0 radical (unpaired) electrons. The fourth-order valence-corrected chi connectivity index (χ4v) is 0.674. The maximum absolute atomic E-state index is 5.55. The van der Waals surface area contributed by atoms with Crippen molar-refractivity contribution in [3.63, 3.8) is 0 Å². The number of pyridine rings is 1. The Hall–Kier alpha value is -1.38. The van der Waals surface area contributed by atoms with Gasteiger partial charge in [-0.1, -0.05) is 0 Å². The van der Waals surface area contributed by atoms with Crippen molar-refractivity contribution in [2.75, 3.05) is 12.8 Å². The molecule has 1 aromatic rings. The molecule has 0 spiro atoms. The lowest BCUT2D eigenvalue weighted by molar-refractivity contribution is 1.32. The molecule has 1 heterocycles. The Bertz CT molecular complexity index is 242. The van der Waals surface area contributed by atoms with Gasteiger partial charge in [0.05, 0.1) is 11.9 Å². The molecular weight excluding hydrogens is 126 g/mol. The number of hydrogen-bond acceptors (Lipinski definition) is 3. The quantitative estimate of drug-likeness (QED) is 0.576. The molecule has 0 aliphatic heterocycles. The average Bonchev–Trinajstić information content (AvgIpc) is 1.94. The van der Waals surface area contributed by atoms with E-state index in [-0.39, 0.29) is 0 Å². The van der Waals surface area contributed by atoms with Crippen LogP contribution in [-0.2, 0) is 0 Å². The summed E-state index contributed by atoms with van der Waals surface area (Å²) in [7, 11) is 1.71. The van der Waals surface area contributed by atoms with E-state index in [4.69, 9.17) is 5.73 Å². The number of nitrogens with zero attached hydrogens (tertiary/aromatic N) is 2. The summed E-state index contributed by atoms with van der Waals surface area (Å²) in [5, 5.41) is 0. The van der Waals surface area contributed by atoms with Crippen LogP contribution < -0.4 is 5.73 Å². The third kappa shape index (κ3) is 1.31. The second-order valence-corrected chi connectivity index (χ2v) is 1.89. The number of hydrogen-bond donors (Lipinski definition) is 1. The molecule has 3 heteroatoms. The molecule has 0 aromatic carbocycles. The highest BCUT2D eigenvalue weighted by atomic mass is 14.7. The monoisotopic (exact) mass is 135 g/mol.